The number of rotatable bonds is 2. The second-order valence-electron chi connectivity index (χ2n) is 5.71. The van der Waals surface area contributed by atoms with Crippen molar-refractivity contribution in [2.45, 2.75) is 39.0 Å². The molecule has 0 saturated carbocycles. The molecule has 0 aromatic heterocycles. The minimum absolute atomic E-state index is 0.132. The summed E-state index contributed by atoms with van der Waals surface area (Å²) in [6.07, 6.45) is -4.97. The molecule has 0 unspecified atom stereocenters. The Kier molecular flexibility index (Phi) is 5.91. The lowest BCUT2D eigenvalue weighted by Crippen LogP contribution is -2.32. The van der Waals surface area contributed by atoms with Gasteiger partial charge in [-0.15, -0.1) is 0 Å². The van der Waals surface area contributed by atoms with Gasteiger partial charge in [-0.3, -0.25) is 0 Å². The molecule has 0 saturated heterocycles. The number of phenolic OH excluding ortho intramolecular Hbond substituents is 1. The van der Waals surface area contributed by atoms with Gasteiger partial charge in [0.1, 0.15) is 11.4 Å². The van der Waals surface area contributed by atoms with Crippen LogP contribution in [0.15, 0.2) is 18.2 Å². The average molecular weight is 329 g/mol. The highest BCUT2D eigenvalue weighted by Gasteiger charge is 2.33. The van der Waals surface area contributed by atoms with E-state index in [9.17, 15) is 23.1 Å². The van der Waals surface area contributed by atoms with Crippen LogP contribution in [0.1, 0.15) is 38.3 Å². The number of carbonyl (C=O) groups is 1. The number of amides is 1. The lowest BCUT2D eigenvalue weighted by Gasteiger charge is -2.19. The van der Waals surface area contributed by atoms with Crippen LogP contribution in [0.3, 0.4) is 0 Å². The smallest absolute Gasteiger partial charge is 0.419 e. The Labute approximate surface area is 132 Å². The van der Waals surface area contributed by atoms with Crippen LogP contribution >= 0.6 is 0 Å². The number of hydrogen-bond acceptors (Lipinski definition) is 3. The normalized spacial score (nSPS) is 11.4. The summed E-state index contributed by atoms with van der Waals surface area (Å²) in [5.74, 6) is 4.36. The molecule has 0 radical (unpaired) electrons. The second kappa shape index (κ2) is 7.27. The van der Waals surface area contributed by atoms with Crippen LogP contribution in [0, 0.1) is 11.8 Å². The standard InChI is InChI=1S/C16H18F3NO3/c1-15(2,3)23-14(22)20-9-5-4-6-11-7-8-13(21)12(10-11)16(17,18)19/h7-8,10,21H,5,9H2,1-3H3,(H,20,22). The average Bonchev–Trinajstić information content (AvgIpc) is 2.36. The van der Waals surface area contributed by atoms with Crippen LogP contribution in [0.2, 0.25) is 0 Å². The monoisotopic (exact) mass is 329 g/mol. The molecule has 1 aromatic carbocycles. The van der Waals surface area contributed by atoms with Crippen molar-refractivity contribution in [1.82, 2.24) is 5.32 Å². The molecular weight excluding hydrogens is 311 g/mol. The predicted octanol–water partition coefficient (Wildman–Crippen LogP) is 3.68. The quantitative estimate of drug-likeness (QED) is 0.643. The lowest BCUT2D eigenvalue weighted by molar-refractivity contribution is -0.138. The zero-order valence-electron chi connectivity index (χ0n) is 13.0. The summed E-state index contributed by atoms with van der Waals surface area (Å²) in [6.45, 7) is 5.41. The minimum atomic E-state index is -4.64. The third kappa shape index (κ3) is 6.96. The number of hydrogen-bond donors (Lipinski definition) is 2. The van der Waals surface area contributed by atoms with Gasteiger partial charge in [-0.1, -0.05) is 11.8 Å². The molecule has 7 heteroatoms. The molecule has 0 heterocycles. The molecule has 2 N–H and O–H groups in total. The molecule has 0 atom stereocenters. The van der Waals surface area contributed by atoms with Crippen LogP contribution in [0.4, 0.5) is 18.0 Å². The van der Waals surface area contributed by atoms with Crippen LogP contribution in [0.5, 0.6) is 5.75 Å². The van der Waals surface area contributed by atoms with Gasteiger partial charge in [0, 0.05) is 18.5 Å². The largest absolute Gasteiger partial charge is 0.507 e. The second-order valence-corrected chi connectivity index (χ2v) is 5.71. The third-order valence-electron chi connectivity index (χ3n) is 2.45. The van der Waals surface area contributed by atoms with E-state index in [1.165, 1.54) is 6.07 Å². The molecule has 1 aromatic rings. The van der Waals surface area contributed by atoms with E-state index >= 15 is 0 Å². The fraction of sp³-hybridized carbons (Fsp3) is 0.438. The van der Waals surface area contributed by atoms with Gasteiger partial charge in [-0.25, -0.2) is 4.79 Å². The Balaban J connectivity index is 2.56. The van der Waals surface area contributed by atoms with Crippen molar-refractivity contribution in [2.75, 3.05) is 6.54 Å². The number of halogens is 3. The number of ether oxygens (including phenoxy) is 1. The van der Waals surface area contributed by atoms with E-state index in [0.717, 1.165) is 12.1 Å². The van der Waals surface area contributed by atoms with Crippen LogP contribution < -0.4 is 5.32 Å². The van der Waals surface area contributed by atoms with E-state index in [4.69, 9.17) is 4.74 Å². The number of alkyl halides is 3. The van der Waals surface area contributed by atoms with Crippen molar-refractivity contribution in [3.63, 3.8) is 0 Å². The first-order valence-corrected chi connectivity index (χ1v) is 6.85. The molecule has 126 valence electrons. The molecule has 0 aliphatic rings. The van der Waals surface area contributed by atoms with Gasteiger partial charge in [0.2, 0.25) is 0 Å². The number of nitrogens with one attached hydrogen (secondary N) is 1. The molecule has 0 aliphatic carbocycles. The first-order chi connectivity index (χ1) is 10.5. The summed E-state index contributed by atoms with van der Waals surface area (Å²) in [7, 11) is 0. The summed E-state index contributed by atoms with van der Waals surface area (Å²) >= 11 is 0. The molecule has 1 rings (SSSR count). The van der Waals surface area contributed by atoms with E-state index in [1.807, 2.05) is 0 Å². The highest BCUT2D eigenvalue weighted by Crippen LogP contribution is 2.35. The van der Waals surface area contributed by atoms with E-state index in [0.29, 0.717) is 0 Å². The van der Waals surface area contributed by atoms with Crippen molar-refractivity contribution in [1.29, 1.82) is 0 Å². The van der Waals surface area contributed by atoms with E-state index in [1.54, 1.807) is 20.8 Å². The molecule has 0 aliphatic heterocycles. The van der Waals surface area contributed by atoms with Crippen LogP contribution in [0.25, 0.3) is 0 Å². The highest BCUT2D eigenvalue weighted by atomic mass is 19.4. The molecule has 0 spiro atoms. The fourth-order valence-electron chi connectivity index (χ4n) is 1.55. The van der Waals surface area contributed by atoms with E-state index in [-0.39, 0.29) is 18.5 Å². The Bertz CT molecular complexity index is 622. The third-order valence-corrected chi connectivity index (χ3v) is 2.45. The maximum absolute atomic E-state index is 12.6. The first-order valence-electron chi connectivity index (χ1n) is 6.85. The van der Waals surface area contributed by atoms with Gasteiger partial charge in [-0.05, 0) is 39.0 Å². The number of benzene rings is 1. The number of alkyl carbamates (subject to hydrolysis) is 1. The SMILES string of the molecule is CC(C)(C)OC(=O)NCCC#Cc1ccc(O)c(C(F)(F)F)c1. The Morgan fingerprint density at radius 3 is 2.52 bits per heavy atom. The van der Waals surface area contributed by atoms with E-state index < -0.39 is 29.2 Å². The molecule has 0 fully saturated rings. The lowest BCUT2D eigenvalue weighted by atomic mass is 10.1. The molecule has 23 heavy (non-hydrogen) atoms. The summed E-state index contributed by atoms with van der Waals surface area (Å²) in [6, 6.07) is 3.02. The number of aromatic hydroxyl groups is 1. The topological polar surface area (TPSA) is 58.6 Å². The summed E-state index contributed by atoms with van der Waals surface area (Å²) < 4.78 is 42.9. The molecular formula is C16H18F3NO3. The van der Waals surface area contributed by atoms with Gasteiger partial charge in [0.05, 0.1) is 5.56 Å². The van der Waals surface area contributed by atoms with Crippen molar-refractivity contribution in [3.05, 3.63) is 29.3 Å². The molecule has 0 bridgehead atoms. The minimum Gasteiger partial charge on any atom is -0.507 e. The highest BCUT2D eigenvalue weighted by molar-refractivity contribution is 5.67. The fourth-order valence-corrected chi connectivity index (χ4v) is 1.55. The van der Waals surface area contributed by atoms with Crippen molar-refractivity contribution >= 4 is 6.09 Å². The number of carbonyl (C=O) groups excluding carboxylic acids is 1. The maximum Gasteiger partial charge on any atom is 0.419 e. The van der Waals surface area contributed by atoms with Crippen molar-refractivity contribution in [2.24, 2.45) is 0 Å². The Morgan fingerprint density at radius 1 is 1.30 bits per heavy atom. The summed E-state index contributed by atoms with van der Waals surface area (Å²) in [5.41, 5.74) is -1.60. The maximum atomic E-state index is 12.6. The van der Waals surface area contributed by atoms with Gasteiger partial charge >= 0.3 is 12.3 Å². The summed E-state index contributed by atoms with van der Waals surface area (Å²) in [5, 5.41) is 11.7. The van der Waals surface area contributed by atoms with Gasteiger partial charge in [0.15, 0.2) is 0 Å². The predicted molar refractivity (Wildman–Crippen MR) is 78.8 cm³/mol. The van der Waals surface area contributed by atoms with E-state index in [2.05, 4.69) is 17.2 Å². The van der Waals surface area contributed by atoms with Gasteiger partial charge in [0.25, 0.3) is 0 Å². The Morgan fingerprint density at radius 2 is 1.96 bits per heavy atom. The van der Waals surface area contributed by atoms with Crippen LogP contribution in [-0.2, 0) is 10.9 Å². The van der Waals surface area contributed by atoms with Crippen molar-refractivity contribution in [3.8, 4) is 17.6 Å². The van der Waals surface area contributed by atoms with Gasteiger partial charge in [-0.2, -0.15) is 13.2 Å². The zero-order valence-corrected chi connectivity index (χ0v) is 13.0. The number of phenols is 1. The van der Waals surface area contributed by atoms with Crippen molar-refractivity contribution < 1.29 is 27.8 Å². The Hall–Kier alpha value is -2.36. The van der Waals surface area contributed by atoms with Crippen LogP contribution in [-0.4, -0.2) is 23.3 Å². The molecule has 4 nitrogen and oxygen atoms in total. The molecule has 1 amide bonds. The summed E-state index contributed by atoms with van der Waals surface area (Å²) in [4.78, 5) is 11.4. The first kappa shape index (κ1) is 18.7. The van der Waals surface area contributed by atoms with Gasteiger partial charge < -0.3 is 15.2 Å². The zero-order chi connectivity index (χ0) is 17.7.